The molecule has 152 valence electrons. The molecule has 1 aliphatic rings. The highest BCUT2D eigenvalue weighted by Crippen LogP contribution is 2.32. The number of aromatic nitrogens is 4. The maximum Gasteiger partial charge on any atom is 0.173 e. The van der Waals surface area contributed by atoms with Crippen LogP contribution < -0.4 is 0 Å². The molecule has 2 aromatic carbocycles. The van der Waals surface area contributed by atoms with Gasteiger partial charge in [-0.15, -0.1) is 5.10 Å². The van der Waals surface area contributed by atoms with Gasteiger partial charge in [0.1, 0.15) is 5.82 Å². The van der Waals surface area contributed by atoms with Gasteiger partial charge in [-0.3, -0.25) is 4.90 Å². The minimum Gasteiger partial charge on any atom is -0.301 e. The van der Waals surface area contributed by atoms with Crippen LogP contribution in [0.4, 0.5) is 4.39 Å². The van der Waals surface area contributed by atoms with Crippen LogP contribution in [0.25, 0.3) is 0 Å². The van der Waals surface area contributed by atoms with Gasteiger partial charge in [0.25, 0.3) is 0 Å². The smallest absolute Gasteiger partial charge is 0.173 e. The van der Waals surface area contributed by atoms with Gasteiger partial charge in [-0.2, -0.15) is 0 Å². The minimum absolute atomic E-state index is 0.141. The van der Waals surface area contributed by atoms with Gasteiger partial charge >= 0.3 is 0 Å². The van der Waals surface area contributed by atoms with E-state index in [9.17, 15) is 4.39 Å². The lowest BCUT2D eigenvalue weighted by atomic mass is 10.0. The molecule has 0 saturated carbocycles. The lowest BCUT2D eigenvalue weighted by molar-refractivity contribution is 0.108. The Labute approximate surface area is 174 Å². The first-order valence-electron chi connectivity index (χ1n) is 9.87. The first-order chi connectivity index (χ1) is 14.2. The van der Waals surface area contributed by atoms with Crippen molar-refractivity contribution in [3.63, 3.8) is 0 Å². The quantitative estimate of drug-likeness (QED) is 0.619. The largest absolute Gasteiger partial charge is 0.301 e. The lowest BCUT2D eigenvalue weighted by Gasteiger charge is -2.38. The van der Waals surface area contributed by atoms with Crippen molar-refractivity contribution in [3.05, 3.63) is 76.3 Å². The van der Waals surface area contributed by atoms with Gasteiger partial charge in [0.2, 0.25) is 0 Å². The van der Waals surface area contributed by atoms with Crippen LogP contribution in [0.1, 0.15) is 29.9 Å². The molecular weight excluding hydrogens is 391 g/mol. The normalized spacial score (nSPS) is 16.8. The van der Waals surface area contributed by atoms with Crippen LogP contribution in [-0.4, -0.2) is 62.7 Å². The van der Waals surface area contributed by atoms with Crippen LogP contribution in [0.15, 0.2) is 48.5 Å². The Kier molecular flexibility index (Phi) is 6.18. The van der Waals surface area contributed by atoms with Crippen LogP contribution in [0.3, 0.4) is 0 Å². The Hall–Kier alpha value is -2.35. The summed E-state index contributed by atoms with van der Waals surface area (Å²) in [5.74, 6) is 0.487. The molecule has 29 heavy (non-hydrogen) atoms. The van der Waals surface area contributed by atoms with Crippen LogP contribution in [-0.2, 0) is 6.54 Å². The summed E-state index contributed by atoms with van der Waals surface area (Å²) in [4.78, 5) is 4.82. The van der Waals surface area contributed by atoms with Crippen molar-refractivity contribution < 1.29 is 4.39 Å². The summed E-state index contributed by atoms with van der Waals surface area (Å²) in [7, 11) is 0. The van der Waals surface area contributed by atoms with E-state index >= 15 is 0 Å². The topological polar surface area (TPSA) is 50.1 Å². The second kappa shape index (κ2) is 8.98. The number of piperazine rings is 1. The van der Waals surface area contributed by atoms with Crippen molar-refractivity contribution in [2.75, 3.05) is 32.7 Å². The second-order valence-corrected chi connectivity index (χ2v) is 7.62. The first-order valence-corrected chi connectivity index (χ1v) is 10.2. The van der Waals surface area contributed by atoms with Gasteiger partial charge in [0.15, 0.2) is 5.82 Å². The highest BCUT2D eigenvalue weighted by atomic mass is 35.5. The molecule has 0 unspecified atom stereocenters. The molecule has 0 bridgehead atoms. The number of rotatable bonds is 6. The molecule has 0 aliphatic carbocycles. The van der Waals surface area contributed by atoms with E-state index in [0.717, 1.165) is 49.7 Å². The van der Waals surface area contributed by atoms with E-state index in [-0.39, 0.29) is 11.9 Å². The van der Waals surface area contributed by atoms with Crippen LogP contribution in [0.5, 0.6) is 0 Å². The summed E-state index contributed by atoms with van der Waals surface area (Å²) in [5, 5.41) is 13.2. The molecule has 1 atom stereocenters. The monoisotopic (exact) mass is 414 g/mol. The van der Waals surface area contributed by atoms with Crippen LogP contribution in [0.2, 0.25) is 5.02 Å². The molecule has 0 radical (unpaired) electrons. The summed E-state index contributed by atoms with van der Waals surface area (Å²) in [6.45, 7) is 7.52. The van der Waals surface area contributed by atoms with E-state index in [1.165, 1.54) is 12.1 Å². The fourth-order valence-electron chi connectivity index (χ4n) is 3.82. The Morgan fingerprint density at radius 3 is 2.45 bits per heavy atom. The molecule has 3 aromatic rings. The van der Waals surface area contributed by atoms with Gasteiger partial charge in [-0.25, -0.2) is 9.07 Å². The van der Waals surface area contributed by atoms with Gasteiger partial charge < -0.3 is 4.90 Å². The maximum absolute atomic E-state index is 13.3. The third-order valence-electron chi connectivity index (χ3n) is 5.47. The van der Waals surface area contributed by atoms with E-state index < -0.39 is 0 Å². The van der Waals surface area contributed by atoms with Gasteiger partial charge in [0.05, 0.1) is 12.6 Å². The van der Waals surface area contributed by atoms with E-state index in [1.807, 2.05) is 24.3 Å². The molecule has 6 nitrogen and oxygen atoms in total. The third-order valence-corrected chi connectivity index (χ3v) is 5.81. The molecule has 0 spiro atoms. The predicted molar refractivity (Wildman–Crippen MR) is 110 cm³/mol. The molecule has 4 rings (SSSR count). The second-order valence-electron chi connectivity index (χ2n) is 7.22. The summed E-state index contributed by atoms with van der Waals surface area (Å²) in [6.07, 6.45) is 0. The molecule has 0 amide bonds. The number of hydrogen-bond donors (Lipinski definition) is 0. The van der Waals surface area contributed by atoms with Crippen molar-refractivity contribution in [2.24, 2.45) is 0 Å². The molecular formula is C21H24ClFN6. The first kappa shape index (κ1) is 19.9. The predicted octanol–water partition coefficient (Wildman–Crippen LogP) is 3.24. The van der Waals surface area contributed by atoms with E-state index in [0.29, 0.717) is 11.6 Å². The molecule has 8 heteroatoms. The molecule has 1 saturated heterocycles. The summed E-state index contributed by atoms with van der Waals surface area (Å²) in [5.41, 5.74) is 1.93. The van der Waals surface area contributed by atoms with Crippen molar-refractivity contribution in [3.8, 4) is 0 Å². The number of hydrogen-bond acceptors (Lipinski definition) is 5. The van der Waals surface area contributed by atoms with Crippen molar-refractivity contribution in [1.29, 1.82) is 0 Å². The van der Waals surface area contributed by atoms with Gasteiger partial charge in [-0.05, 0) is 46.3 Å². The van der Waals surface area contributed by atoms with Crippen LogP contribution in [0, 0.1) is 5.82 Å². The Balaban J connectivity index is 1.68. The SMILES string of the molecule is CCN1CCN([C@H](c2ccccc2Cl)c2nnnn2Cc2ccc(F)cc2)CC1. The zero-order valence-corrected chi connectivity index (χ0v) is 17.1. The Morgan fingerprint density at radius 2 is 1.76 bits per heavy atom. The number of benzene rings is 2. The average molecular weight is 415 g/mol. The van der Waals surface area contributed by atoms with E-state index in [2.05, 4.69) is 32.2 Å². The van der Waals surface area contributed by atoms with Crippen molar-refractivity contribution in [2.45, 2.75) is 19.5 Å². The standard InChI is InChI=1S/C21H24ClFN6/c1-2-27-11-13-28(14-12-27)20(18-5-3-4-6-19(18)22)21-24-25-26-29(21)15-16-7-9-17(23)10-8-16/h3-10,20H,2,11-15H2,1H3/t20-/m1/s1. The Bertz CT molecular complexity index is 936. The fourth-order valence-corrected chi connectivity index (χ4v) is 4.06. The van der Waals surface area contributed by atoms with Crippen molar-refractivity contribution >= 4 is 11.6 Å². The number of likely N-dealkylation sites (N-methyl/N-ethyl adjacent to an activating group) is 1. The minimum atomic E-state index is -0.256. The highest BCUT2D eigenvalue weighted by Gasteiger charge is 2.31. The summed E-state index contributed by atoms with van der Waals surface area (Å²) >= 11 is 6.58. The van der Waals surface area contributed by atoms with Crippen molar-refractivity contribution in [1.82, 2.24) is 30.0 Å². The van der Waals surface area contributed by atoms with Crippen LogP contribution >= 0.6 is 11.6 Å². The summed E-state index contributed by atoms with van der Waals surface area (Å²) < 4.78 is 15.1. The Morgan fingerprint density at radius 1 is 1.03 bits per heavy atom. The zero-order valence-electron chi connectivity index (χ0n) is 16.4. The number of halogens is 2. The summed E-state index contributed by atoms with van der Waals surface area (Å²) in [6, 6.07) is 14.1. The van der Waals surface area contributed by atoms with E-state index in [4.69, 9.17) is 11.6 Å². The third kappa shape index (κ3) is 4.47. The zero-order chi connectivity index (χ0) is 20.2. The molecule has 0 N–H and O–H groups in total. The molecule has 2 heterocycles. The molecule has 1 aromatic heterocycles. The van der Waals surface area contributed by atoms with E-state index in [1.54, 1.807) is 16.8 Å². The maximum atomic E-state index is 13.3. The average Bonchev–Trinajstić information content (AvgIpc) is 3.19. The number of tetrazole rings is 1. The highest BCUT2D eigenvalue weighted by molar-refractivity contribution is 6.31. The molecule has 1 aliphatic heterocycles. The number of nitrogens with zero attached hydrogens (tertiary/aromatic N) is 6. The molecule has 1 fully saturated rings. The van der Waals surface area contributed by atoms with Gasteiger partial charge in [0, 0.05) is 31.2 Å². The van der Waals surface area contributed by atoms with Gasteiger partial charge in [-0.1, -0.05) is 48.9 Å². The fraction of sp³-hybridized carbons (Fsp3) is 0.381. The lowest BCUT2D eigenvalue weighted by Crippen LogP contribution is -2.48.